The number of benzene rings is 1. The molecule has 0 fully saturated rings. The molecule has 0 radical (unpaired) electrons. The van der Waals surface area contributed by atoms with Crippen molar-refractivity contribution >= 4 is 29.0 Å². The Balaban J connectivity index is 2.20. The Morgan fingerprint density at radius 2 is 2.12 bits per heavy atom. The predicted octanol–water partition coefficient (Wildman–Crippen LogP) is 3.67. The Labute approximate surface area is 149 Å². The first-order valence-electron chi connectivity index (χ1n) is 7.78. The molecule has 0 atom stereocenters. The molecule has 0 unspecified atom stereocenters. The number of rotatable bonds is 7. The third-order valence-corrected chi connectivity index (χ3v) is 4.54. The second-order valence-electron chi connectivity index (χ2n) is 5.85. The van der Waals surface area contributed by atoms with E-state index in [1.54, 1.807) is 6.07 Å². The van der Waals surface area contributed by atoms with E-state index >= 15 is 0 Å². The summed E-state index contributed by atoms with van der Waals surface area (Å²) in [5.41, 5.74) is -0.237. The molecule has 1 aromatic heterocycles. The van der Waals surface area contributed by atoms with Crippen LogP contribution in [0.4, 0.5) is 11.4 Å². The summed E-state index contributed by atoms with van der Waals surface area (Å²) in [6.45, 7) is 4.18. The maximum atomic E-state index is 12.3. The maximum Gasteiger partial charge on any atom is 0.283 e. The summed E-state index contributed by atoms with van der Waals surface area (Å²) < 4.78 is 0. The Morgan fingerprint density at radius 3 is 2.76 bits per heavy atom. The van der Waals surface area contributed by atoms with E-state index in [-0.39, 0.29) is 22.4 Å². The predicted molar refractivity (Wildman–Crippen MR) is 98.3 cm³/mol. The molecular weight excluding hydrogens is 342 g/mol. The lowest BCUT2D eigenvalue weighted by Crippen LogP contribution is -2.18. The number of H-pyrrole nitrogens is 1. The Morgan fingerprint density at radius 1 is 1.36 bits per heavy atom. The minimum absolute atomic E-state index is 0.0885. The summed E-state index contributed by atoms with van der Waals surface area (Å²) in [4.78, 5) is 38.0. The Bertz CT molecular complexity index is 833. The van der Waals surface area contributed by atoms with E-state index in [0.717, 1.165) is 12.2 Å². The molecule has 1 heterocycles. The van der Waals surface area contributed by atoms with Gasteiger partial charge in [0.15, 0.2) is 0 Å². The summed E-state index contributed by atoms with van der Waals surface area (Å²) in [5, 5.41) is 13.8. The smallest absolute Gasteiger partial charge is 0.283 e. The minimum Gasteiger partial charge on any atom is -0.366 e. The van der Waals surface area contributed by atoms with Crippen molar-refractivity contribution < 1.29 is 9.72 Å². The summed E-state index contributed by atoms with van der Waals surface area (Å²) in [5.74, 6) is 0.711. The number of thioether (sulfide) groups is 1. The molecule has 2 rings (SSSR count). The number of nitro groups is 1. The average molecular weight is 361 g/mol. The molecule has 1 amide bonds. The van der Waals surface area contributed by atoms with Crippen molar-refractivity contribution in [2.45, 2.75) is 25.2 Å². The molecule has 0 aliphatic rings. The van der Waals surface area contributed by atoms with Crippen LogP contribution in [0.3, 0.4) is 0 Å². The van der Waals surface area contributed by atoms with Gasteiger partial charge < -0.3 is 10.3 Å². The van der Waals surface area contributed by atoms with Gasteiger partial charge in [-0.15, -0.1) is 11.8 Å². The number of amides is 1. The fourth-order valence-corrected chi connectivity index (χ4v) is 3.29. The number of hydrogen-bond acceptors (Lipinski definition) is 5. The van der Waals surface area contributed by atoms with Crippen LogP contribution in [0.5, 0.6) is 0 Å². The van der Waals surface area contributed by atoms with Crippen molar-refractivity contribution in [1.82, 2.24) is 4.98 Å². The number of carbonyl (C=O) groups excluding carboxylic acids is 1. The molecule has 7 nitrogen and oxygen atoms in total. The zero-order valence-electron chi connectivity index (χ0n) is 13.9. The third-order valence-electron chi connectivity index (χ3n) is 3.44. The van der Waals surface area contributed by atoms with Gasteiger partial charge in [0.25, 0.3) is 11.6 Å². The summed E-state index contributed by atoms with van der Waals surface area (Å²) in [7, 11) is 0. The number of carbonyl (C=O) groups is 1. The van der Waals surface area contributed by atoms with E-state index in [9.17, 15) is 19.7 Å². The normalized spacial score (nSPS) is 10.7. The maximum absolute atomic E-state index is 12.3. The lowest BCUT2D eigenvalue weighted by atomic mass is 10.2. The third kappa shape index (κ3) is 5.18. The van der Waals surface area contributed by atoms with Gasteiger partial charge in [-0.2, -0.15) is 0 Å². The van der Waals surface area contributed by atoms with Gasteiger partial charge in [0.1, 0.15) is 5.69 Å². The monoisotopic (exact) mass is 361 g/mol. The number of hydrogen-bond donors (Lipinski definition) is 2. The zero-order valence-corrected chi connectivity index (χ0v) is 14.8. The second-order valence-corrected chi connectivity index (χ2v) is 6.98. The average Bonchev–Trinajstić information content (AvgIpc) is 2.56. The fourth-order valence-electron chi connectivity index (χ4n) is 2.04. The molecular formula is C17H19N3O4S. The molecule has 2 aromatic rings. The van der Waals surface area contributed by atoms with Crippen molar-refractivity contribution in [2.75, 3.05) is 11.1 Å². The van der Waals surface area contributed by atoms with Crippen molar-refractivity contribution in [3.63, 3.8) is 0 Å². The summed E-state index contributed by atoms with van der Waals surface area (Å²) in [6, 6.07) is 5.63. The molecule has 132 valence electrons. The van der Waals surface area contributed by atoms with Gasteiger partial charge in [0.2, 0.25) is 5.43 Å². The van der Waals surface area contributed by atoms with E-state index in [1.807, 2.05) is 0 Å². The molecule has 0 bridgehead atoms. The van der Waals surface area contributed by atoms with Crippen LogP contribution in [0.1, 0.15) is 30.6 Å². The molecule has 0 saturated heterocycles. The van der Waals surface area contributed by atoms with Crippen LogP contribution in [0.15, 0.2) is 46.3 Å². The molecule has 0 spiro atoms. The topological polar surface area (TPSA) is 105 Å². The van der Waals surface area contributed by atoms with Crippen molar-refractivity contribution in [3.8, 4) is 0 Å². The lowest BCUT2D eigenvalue weighted by Gasteiger charge is -2.08. The highest BCUT2D eigenvalue weighted by molar-refractivity contribution is 7.99. The summed E-state index contributed by atoms with van der Waals surface area (Å²) >= 11 is 1.40. The number of anilines is 1. The van der Waals surface area contributed by atoms with Crippen LogP contribution >= 0.6 is 11.8 Å². The fraction of sp³-hybridized carbons (Fsp3) is 0.294. The molecule has 0 saturated carbocycles. The lowest BCUT2D eigenvalue weighted by molar-refractivity contribution is -0.387. The van der Waals surface area contributed by atoms with Crippen LogP contribution in [-0.2, 0) is 0 Å². The van der Waals surface area contributed by atoms with Crippen LogP contribution in [-0.4, -0.2) is 21.6 Å². The van der Waals surface area contributed by atoms with Crippen molar-refractivity contribution in [2.24, 2.45) is 5.92 Å². The van der Waals surface area contributed by atoms with Gasteiger partial charge in [-0.3, -0.25) is 19.7 Å². The number of nitro benzene ring substituents is 1. The molecule has 8 heteroatoms. The van der Waals surface area contributed by atoms with E-state index in [0.29, 0.717) is 10.8 Å². The highest BCUT2D eigenvalue weighted by atomic mass is 32.2. The van der Waals surface area contributed by atoms with E-state index < -0.39 is 10.8 Å². The molecule has 2 N–H and O–H groups in total. The largest absolute Gasteiger partial charge is 0.366 e. The standard InChI is InChI=1S/C17H19N3O4S/c1-11(2)6-8-25-16-4-3-12(9-14(16)20(23)24)17(22)19-13-10-18-7-5-15(13)21/h3-5,7,9-11H,6,8H2,1-2H3,(H,18,21)(H,19,22). The van der Waals surface area contributed by atoms with Crippen LogP contribution in [0.2, 0.25) is 0 Å². The molecule has 0 aliphatic heterocycles. The Hall–Kier alpha value is -2.61. The quantitative estimate of drug-likeness (QED) is 0.445. The van der Waals surface area contributed by atoms with Gasteiger partial charge in [0.05, 0.1) is 9.82 Å². The first-order chi connectivity index (χ1) is 11.9. The van der Waals surface area contributed by atoms with Gasteiger partial charge >= 0.3 is 0 Å². The van der Waals surface area contributed by atoms with Gasteiger partial charge in [0, 0.05) is 30.1 Å². The van der Waals surface area contributed by atoms with Crippen molar-refractivity contribution in [3.05, 3.63) is 62.6 Å². The number of nitrogens with one attached hydrogen (secondary N) is 2. The van der Waals surface area contributed by atoms with E-state index in [1.165, 1.54) is 42.4 Å². The van der Waals surface area contributed by atoms with Crippen molar-refractivity contribution in [1.29, 1.82) is 0 Å². The SMILES string of the molecule is CC(C)CCSc1ccc(C(=O)Nc2c[nH]ccc2=O)cc1[N+](=O)[O-]. The number of aromatic amines is 1. The highest BCUT2D eigenvalue weighted by Gasteiger charge is 2.18. The van der Waals surface area contributed by atoms with Gasteiger partial charge in [-0.05, 0) is 30.2 Å². The highest BCUT2D eigenvalue weighted by Crippen LogP contribution is 2.31. The second kappa shape index (κ2) is 8.48. The zero-order chi connectivity index (χ0) is 18.4. The molecule has 25 heavy (non-hydrogen) atoms. The number of nitrogens with zero attached hydrogens (tertiary/aromatic N) is 1. The van der Waals surface area contributed by atoms with Crippen LogP contribution in [0.25, 0.3) is 0 Å². The minimum atomic E-state index is -0.571. The summed E-state index contributed by atoms with van der Waals surface area (Å²) in [6.07, 6.45) is 3.76. The first kappa shape index (κ1) is 18.7. The van der Waals surface area contributed by atoms with Gasteiger partial charge in [-0.1, -0.05) is 13.8 Å². The Kier molecular flexibility index (Phi) is 6.35. The van der Waals surface area contributed by atoms with Crippen LogP contribution < -0.4 is 10.7 Å². The van der Waals surface area contributed by atoms with Crippen LogP contribution in [0, 0.1) is 16.0 Å². The molecule has 0 aliphatic carbocycles. The van der Waals surface area contributed by atoms with Gasteiger partial charge in [-0.25, -0.2) is 0 Å². The first-order valence-corrected chi connectivity index (χ1v) is 8.76. The number of aromatic nitrogens is 1. The van der Waals surface area contributed by atoms with E-state index in [2.05, 4.69) is 24.1 Å². The number of pyridine rings is 1. The molecule has 1 aromatic carbocycles. The van der Waals surface area contributed by atoms with E-state index in [4.69, 9.17) is 0 Å².